The normalized spacial score (nSPS) is 12.5. The van der Waals surface area contributed by atoms with E-state index in [1.54, 1.807) is 0 Å². The summed E-state index contributed by atoms with van der Waals surface area (Å²) in [6.07, 6.45) is 1.03. The van der Waals surface area contributed by atoms with Crippen LogP contribution in [0.1, 0.15) is 19.8 Å². The van der Waals surface area contributed by atoms with Crippen LogP contribution in [-0.4, -0.2) is 32.7 Å². The van der Waals surface area contributed by atoms with E-state index in [2.05, 4.69) is 20.3 Å². The lowest BCUT2D eigenvalue weighted by Gasteiger charge is -2.08. The lowest BCUT2D eigenvalue weighted by Crippen LogP contribution is -2.13. The molecule has 5 nitrogen and oxygen atoms in total. The predicted molar refractivity (Wildman–Crippen MR) is 59.3 cm³/mol. The Hall–Kier alpha value is -0.650. The van der Waals surface area contributed by atoms with Gasteiger partial charge in [0, 0.05) is 6.54 Å². The number of anilines is 1. The summed E-state index contributed by atoms with van der Waals surface area (Å²) < 4.78 is 0. The highest BCUT2D eigenvalue weighted by atomic mass is 35.5. The molecule has 0 aliphatic carbocycles. The standard InChI is InChI=1S/C8H12Cl2N4O/c1-2-5(15)3-4-11-8-13-6(9)12-7(10)14-8/h5,15H,2-4H2,1H3,(H,11,12,13,14). The Morgan fingerprint density at radius 3 is 2.40 bits per heavy atom. The maximum absolute atomic E-state index is 9.30. The van der Waals surface area contributed by atoms with Crippen molar-refractivity contribution in [1.82, 2.24) is 15.0 Å². The van der Waals surface area contributed by atoms with E-state index in [0.29, 0.717) is 18.9 Å². The van der Waals surface area contributed by atoms with E-state index < -0.39 is 0 Å². The highest BCUT2D eigenvalue weighted by molar-refractivity contribution is 6.31. The summed E-state index contributed by atoms with van der Waals surface area (Å²) in [5.74, 6) is 0.323. The molecule has 0 radical (unpaired) electrons. The molecule has 1 aromatic heterocycles. The van der Waals surface area contributed by atoms with Crippen LogP contribution in [0, 0.1) is 0 Å². The summed E-state index contributed by atoms with van der Waals surface area (Å²) in [5.41, 5.74) is 0. The number of rotatable bonds is 5. The molecule has 0 saturated carbocycles. The van der Waals surface area contributed by atoms with E-state index in [0.717, 1.165) is 6.42 Å². The molecule has 0 aliphatic rings. The molecule has 0 aliphatic heterocycles. The van der Waals surface area contributed by atoms with Crippen molar-refractivity contribution < 1.29 is 5.11 Å². The molecule has 1 atom stereocenters. The zero-order valence-electron chi connectivity index (χ0n) is 8.24. The van der Waals surface area contributed by atoms with Gasteiger partial charge in [-0.1, -0.05) is 6.92 Å². The van der Waals surface area contributed by atoms with E-state index in [4.69, 9.17) is 23.2 Å². The quantitative estimate of drug-likeness (QED) is 0.834. The topological polar surface area (TPSA) is 70.9 Å². The molecule has 0 amide bonds. The van der Waals surface area contributed by atoms with Gasteiger partial charge >= 0.3 is 0 Å². The third-order valence-corrected chi connectivity index (χ3v) is 2.15. The number of aliphatic hydroxyl groups is 1. The second-order valence-corrected chi connectivity index (χ2v) is 3.65. The Morgan fingerprint density at radius 1 is 1.27 bits per heavy atom. The third kappa shape index (κ3) is 4.59. The monoisotopic (exact) mass is 250 g/mol. The first kappa shape index (κ1) is 12.4. The van der Waals surface area contributed by atoms with Crippen LogP contribution in [0.25, 0.3) is 0 Å². The van der Waals surface area contributed by atoms with Crippen LogP contribution in [0.5, 0.6) is 0 Å². The van der Waals surface area contributed by atoms with E-state index in [1.165, 1.54) is 0 Å². The maximum atomic E-state index is 9.30. The summed E-state index contributed by atoms with van der Waals surface area (Å²) >= 11 is 11.2. The third-order valence-electron chi connectivity index (χ3n) is 1.81. The van der Waals surface area contributed by atoms with Crippen molar-refractivity contribution in [2.45, 2.75) is 25.9 Å². The van der Waals surface area contributed by atoms with Crippen LogP contribution in [0.2, 0.25) is 10.6 Å². The van der Waals surface area contributed by atoms with Crippen molar-refractivity contribution in [2.24, 2.45) is 0 Å². The number of hydrogen-bond donors (Lipinski definition) is 2. The van der Waals surface area contributed by atoms with E-state index in [-0.39, 0.29) is 16.7 Å². The number of nitrogens with one attached hydrogen (secondary N) is 1. The zero-order valence-corrected chi connectivity index (χ0v) is 9.76. The average Bonchev–Trinajstić information content (AvgIpc) is 2.16. The van der Waals surface area contributed by atoms with Crippen LogP contribution in [-0.2, 0) is 0 Å². The zero-order chi connectivity index (χ0) is 11.3. The van der Waals surface area contributed by atoms with Crippen molar-refractivity contribution in [3.05, 3.63) is 10.6 Å². The van der Waals surface area contributed by atoms with Gasteiger partial charge in [-0.2, -0.15) is 15.0 Å². The van der Waals surface area contributed by atoms with Gasteiger partial charge in [-0.05, 0) is 36.0 Å². The van der Waals surface area contributed by atoms with Crippen LogP contribution >= 0.6 is 23.2 Å². The van der Waals surface area contributed by atoms with Gasteiger partial charge in [-0.15, -0.1) is 0 Å². The second kappa shape index (κ2) is 6.05. The fourth-order valence-electron chi connectivity index (χ4n) is 0.960. The van der Waals surface area contributed by atoms with Crippen molar-refractivity contribution in [1.29, 1.82) is 0 Å². The largest absolute Gasteiger partial charge is 0.393 e. The first-order valence-corrected chi connectivity index (χ1v) is 5.36. The number of hydrogen-bond acceptors (Lipinski definition) is 5. The summed E-state index contributed by atoms with van der Waals surface area (Å²) in [5, 5.41) is 12.3. The van der Waals surface area contributed by atoms with Gasteiger partial charge in [-0.3, -0.25) is 0 Å². The highest BCUT2D eigenvalue weighted by Crippen LogP contribution is 2.09. The number of nitrogens with zero attached hydrogens (tertiary/aromatic N) is 3. The van der Waals surface area contributed by atoms with E-state index in [1.807, 2.05) is 6.92 Å². The fraction of sp³-hybridized carbons (Fsp3) is 0.625. The number of halogens is 2. The van der Waals surface area contributed by atoms with Crippen molar-refractivity contribution in [2.75, 3.05) is 11.9 Å². The summed E-state index contributed by atoms with van der Waals surface area (Å²) in [4.78, 5) is 11.3. The molecule has 7 heteroatoms. The van der Waals surface area contributed by atoms with Gasteiger partial charge in [0.25, 0.3) is 0 Å². The molecule has 84 valence electrons. The Kier molecular flexibility index (Phi) is 5.01. The Balaban J connectivity index is 2.43. The number of aromatic nitrogens is 3. The first-order chi connectivity index (χ1) is 7.11. The molecule has 0 spiro atoms. The van der Waals surface area contributed by atoms with Gasteiger partial charge in [0.05, 0.1) is 6.10 Å². The Bertz CT molecular complexity index is 303. The Labute approximate surface area is 97.9 Å². The summed E-state index contributed by atoms with van der Waals surface area (Å²) in [6.45, 7) is 2.48. The lowest BCUT2D eigenvalue weighted by atomic mass is 10.2. The van der Waals surface area contributed by atoms with Gasteiger partial charge in [0.2, 0.25) is 16.5 Å². The van der Waals surface area contributed by atoms with Gasteiger partial charge in [0.1, 0.15) is 0 Å². The molecule has 1 aromatic rings. The predicted octanol–water partition coefficient (Wildman–Crippen LogP) is 1.75. The smallest absolute Gasteiger partial charge is 0.228 e. The van der Waals surface area contributed by atoms with Crippen molar-refractivity contribution >= 4 is 29.2 Å². The SMILES string of the molecule is CCC(O)CCNc1nc(Cl)nc(Cl)n1. The van der Waals surface area contributed by atoms with Crippen LogP contribution in [0.15, 0.2) is 0 Å². The van der Waals surface area contributed by atoms with Gasteiger partial charge < -0.3 is 10.4 Å². The molecular weight excluding hydrogens is 239 g/mol. The minimum Gasteiger partial charge on any atom is -0.393 e. The van der Waals surface area contributed by atoms with Crippen molar-refractivity contribution in [3.8, 4) is 0 Å². The van der Waals surface area contributed by atoms with E-state index >= 15 is 0 Å². The number of aliphatic hydroxyl groups excluding tert-OH is 1. The van der Waals surface area contributed by atoms with Gasteiger partial charge in [-0.25, -0.2) is 0 Å². The molecule has 0 aromatic carbocycles. The molecule has 0 bridgehead atoms. The molecular formula is C8H12Cl2N4O. The van der Waals surface area contributed by atoms with Crippen LogP contribution < -0.4 is 5.32 Å². The fourth-order valence-corrected chi connectivity index (χ4v) is 1.32. The van der Waals surface area contributed by atoms with E-state index in [9.17, 15) is 5.11 Å². The molecule has 2 N–H and O–H groups in total. The van der Waals surface area contributed by atoms with Gasteiger partial charge in [0.15, 0.2) is 0 Å². The summed E-state index contributed by atoms with van der Waals surface area (Å²) in [7, 11) is 0. The maximum Gasteiger partial charge on any atom is 0.228 e. The molecule has 15 heavy (non-hydrogen) atoms. The summed E-state index contributed by atoms with van der Waals surface area (Å²) in [6, 6.07) is 0. The average molecular weight is 251 g/mol. The van der Waals surface area contributed by atoms with Crippen LogP contribution in [0.4, 0.5) is 5.95 Å². The first-order valence-electron chi connectivity index (χ1n) is 4.60. The minimum absolute atomic E-state index is 0.0496. The molecule has 1 unspecified atom stereocenters. The molecule has 0 saturated heterocycles. The molecule has 1 rings (SSSR count). The molecule has 1 heterocycles. The Morgan fingerprint density at radius 2 is 1.87 bits per heavy atom. The van der Waals surface area contributed by atoms with Crippen molar-refractivity contribution in [3.63, 3.8) is 0 Å². The van der Waals surface area contributed by atoms with Crippen LogP contribution in [0.3, 0.4) is 0 Å². The molecule has 0 fully saturated rings. The highest BCUT2D eigenvalue weighted by Gasteiger charge is 2.04. The minimum atomic E-state index is -0.315. The second-order valence-electron chi connectivity index (χ2n) is 2.97. The lowest BCUT2D eigenvalue weighted by molar-refractivity contribution is 0.164.